The van der Waals surface area contributed by atoms with Gasteiger partial charge in [0.15, 0.2) is 23.6 Å². The lowest BCUT2D eigenvalue weighted by Crippen LogP contribution is -2.82. The van der Waals surface area contributed by atoms with Crippen LogP contribution in [0.2, 0.25) is 0 Å². The van der Waals surface area contributed by atoms with Crippen molar-refractivity contribution in [1.29, 1.82) is 0 Å². The van der Waals surface area contributed by atoms with Crippen LogP contribution >= 0.6 is 0 Å². The summed E-state index contributed by atoms with van der Waals surface area (Å²) < 4.78 is 44.2. The average molecular weight is 1350 g/mol. The molecule has 6 saturated carbocycles. The molecule has 19 heteroatoms. The van der Waals surface area contributed by atoms with Gasteiger partial charge in [-0.1, -0.05) is 125 Å². The highest BCUT2D eigenvalue weighted by molar-refractivity contribution is 5.97. The Morgan fingerprint density at radius 3 is 2.08 bits per heavy atom. The van der Waals surface area contributed by atoms with E-state index in [2.05, 4.69) is 44.0 Å². The summed E-state index contributed by atoms with van der Waals surface area (Å²) in [7, 11) is 0. The lowest BCUT2D eigenvalue weighted by Gasteiger charge is -2.67. The van der Waals surface area contributed by atoms with Crippen LogP contribution in [0.5, 0.6) is 0 Å². The third kappa shape index (κ3) is 13.8. The van der Waals surface area contributed by atoms with Crippen molar-refractivity contribution in [2.45, 2.75) is 218 Å². The van der Waals surface area contributed by atoms with Gasteiger partial charge in [-0.25, -0.2) is 9.59 Å². The van der Waals surface area contributed by atoms with Gasteiger partial charge in [0, 0.05) is 50.5 Å². The first kappa shape index (κ1) is 71.4. The summed E-state index contributed by atoms with van der Waals surface area (Å²) in [5.41, 5.74) is -4.23. The molecule has 3 aromatic rings. The second-order valence-corrected chi connectivity index (χ2v) is 29.7. The van der Waals surface area contributed by atoms with E-state index in [1.165, 1.54) is 31.6 Å². The minimum Gasteiger partial charge on any atom is -0.461 e. The third-order valence-electron chi connectivity index (χ3n) is 23.4. The quantitative estimate of drug-likeness (QED) is 0.0438. The van der Waals surface area contributed by atoms with Gasteiger partial charge in [0.05, 0.1) is 35.6 Å². The zero-order valence-corrected chi connectivity index (χ0v) is 57.5. The maximum atomic E-state index is 16.6. The number of hydrogen-bond donors (Lipinski definition) is 4. The first-order chi connectivity index (χ1) is 46.6. The van der Waals surface area contributed by atoms with Crippen LogP contribution in [-0.4, -0.2) is 129 Å². The number of allylic oxidation sites excluding steroid dienone is 4. The zero-order chi connectivity index (χ0) is 70.2. The molecule has 8 aliphatic rings. The summed E-state index contributed by atoms with van der Waals surface area (Å²) >= 11 is 0. The van der Waals surface area contributed by atoms with Crippen LogP contribution in [0.1, 0.15) is 184 Å². The second kappa shape index (κ2) is 28.8. The molecule has 1 amide bonds. The molecule has 19 nitrogen and oxygen atoms in total. The molecule has 524 valence electrons. The predicted octanol–water partition coefficient (Wildman–Crippen LogP) is 11.1. The topological polar surface area (TPSA) is 274 Å². The zero-order valence-electron chi connectivity index (χ0n) is 57.5. The Kier molecular flexibility index (Phi) is 21.0. The van der Waals surface area contributed by atoms with Gasteiger partial charge in [0.1, 0.15) is 36.1 Å². The number of carbonyl (C=O) groups excluding carboxylic acids is 8. The number of ketones is 1. The molecule has 1 heterocycles. The predicted molar refractivity (Wildman–Crippen MR) is 360 cm³/mol. The Balaban J connectivity index is 0.860. The number of benzene rings is 3. The van der Waals surface area contributed by atoms with Crippen molar-refractivity contribution in [2.75, 3.05) is 6.61 Å². The van der Waals surface area contributed by atoms with Crippen molar-refractivity contribution in [1.82, 2.24) is 5.32 Å². The molecular weight excluding hydrogens is 1250 g/mol. The molecule has 1 saturated heterocycles. The molecule has 0 spiro atoms. The number of ether oxygens (including phenoxy) is 7. The lowest BCUT2D eigenvalue weighted by atomic mass is 9.44. The fraction of sp³-hybridized carbons (Fsp3) is 0.544. The number of rotatable bonds is 21. The van der Waals surface area contributed by atoms with Crippen LogP contribution in [0.25, 0.3) is 0 Å². The van der Waals surface area contributed by atoms with Gasteiger partial charge in [0.25, 0.3) is 5.91 Å². The molecule has 11 rings (SSSR count). The van der Waals surface area contributed by atoms with Crippen molar-refractivity contribution in [2.24, 2.45) is 45.8 Å². The van der Waals surface area contributed by atoms with Gasteiger partial charge < -0.3 is 53.8 Å². The Morgan fingerprint density at radius 1 is 0.776 bits per heavy atom. The Labute approximate surface area is 573 Å². The van der Waals surface area contributed by atoms with E-state index in [0.717, 1.165) is 89.2 Å². The molecule has 2 bridgehead atoms. The highest BCUT2D eigenvalue weighted by Crippen LogP contribution is 2.66. The van der Waals surface area contributed by atoms with E-state index >= 15 is 4.79 Å². The van der Waals surface area contributed by atoms with Crippen LogP contribution in [0, 0.1) is 45.8 Å². The monoisotopic (exact) mass is 1350 g/mol. The van der Waals surface area contributed by atoms with Crippen molar-refractivity contribution in [3.8, 4) is 0 Å². The van der Waals surface area contributed by atoms with Gasteiger partial charge in [-0.05, 0) is 172 Å². The summed E-state index contributed by atoms with van der Waals surface area (Å²) in [6.07, 6.45) is 6.13. The SMILES string of the molecule is C=C1/C(=C\C=C2/CCC[C@@]3(C)C2CCC3[C@@H](C)/C=C/C(OC(=O)CCCC(=O)OC2CC3OCC3(OC(C)=O)C3C(OC(=O)c4ccccc4)C4(O)CC(OC(=O)C(O)C(NC(=O)c5ccccc5)c5ccccc5)C(C)=C(C(OC(C)=O)C(=O)C23C)C4(C)C)C2CC2)CCC[C@@H]1O. The summed E-state index contributed by atoms with van der Waals surface area (Å²) in [6.45, 7) is 16.8. The number of carbonyl (C=O) groups is 8. The van der Waals surface area contributed by atoms with Gasteiger partial charge >= 0.3 is 35.8 Å². The minimum absolute atomic E-state index is 0.00988. The fourth-order valence-corrected chi connectivity index (χ4v) is 17.8. The maximum absolute atomic E-state index is 16.6. The van der Waals surface area contributed by atoms with E-state index in [1.54, 1.807) is 92.7 Å². The molecule has 0 aromatic heterocycles. The van der Waals surface area contributed by atoms with Gasteiger partial charge in [-0.15, -0.1) is 0 Å². The lowest BCUT2D eigenvalue weighted by molar-refractivity contribution is -0.346. The van der Waals surface area contributed by atoms with Crippen LogP contribution in [0.3, 0.4) is 0 Å². The van der Waals surface area contributed by atoms with Crippen molar-refractivity contribution in [3.05, 3.63) is 166 Å². The highest BCUT2D eigenvalue weighted by atomic mass is 16.6. The molecule has 0 radical (unpaired) electrons. The van der Waals surface area contributed by atoms with E-state index in [1.807, 2.05) is 6.08 Å². The molecule has 4 N–H and O–H groups in total. The van der Waals surface area contributed by atoms with E-state index in [0.29, 0.717) is 17.4 Å². The number of amides is 1. The van der Waals surface area contributed by atoms with Crippen LogP contribution in [0.4, 0.5) is 0 Å². The van der Waals surface area contributed by atoms with Gasteiger partial charge in [-0.3, -0.25) is 28.8 Å². The number of esters is 6. The average Bonchev–Trinajstić information content (AvgIpc) is 0.708. The first-order valence-electron chi connectivity index (χ1n) is 35.0. The number of aliphatic hydroxyl groups is 3. The third-order valence-corrected chi connectivity index (χ3v) is 23.4. The van der Waals surface area contributed by atoms with E-state index in [-0.39, 0.29) is 65.2 Å². The number of hydrogen-bond acceptors (Lipinski definition) is 18. The van der Waals surface area contributed by atoms with Crippen molar-refractivity contribution >= 4 is 47.5 Å². The molecule has 98 heavy (non-hydrogen) atoms. The molecule has 3 aromatic carbocycles. The standard InChI is InChI=1S/C79H95NO18/c1-45(56-38-39-57-51(29-21-41-76(56,57)8)35-34-50-28-19-30-58(83)46(50)2)33-40-59(52-36-37-52)94-63(84)31-20-32-64(85)96-61-42-62-78(44-92-62,98-49(5)82)69-71(97-73(89)55-26-17-12-18-27-55)79(91)43-60(47(3)65(75(79,6)7)68(93-48(4)81)70(87)77(61,69)9)95-74(90)67(86)66(53-22-13-10-14-23-53)80-72(88)54-24-15-11-16-25-54/h10-18,22-27,33-35,40,45,52,56-62,66-69,71,83,86,91H,2,19-21,28-32,36-39,41-44H2,1,3-9H3,(H,80,88)/b40-33+,50-34-,51-35+/t45-,56?,57?,58-,59?,60?,61?,62?,66?,67?,68?,69?,71?,76+,77?,78?,79?/m0/s1. The summed E-state index contributed by atoms with van der Waals surface area (Å²) in [5, 5.41) is 39.6. The number of Topliss-reactive ketones (excluding diaryl/α,β-unsaturated/α-hetero) is 1. The minimum atomic E-state index is -2.52. The number of nitrogens with one attached hydrogen (secondary N) is 1. The van der Waals surface area contributed by atoms with Crippen LogP contribution in [0.15, 0.2) is 150 Å². The van der Waals surface area contributed by atoms with Crippen molar-refractivity contribution in [3.63, 3.8) is 0 Å². The number of fused-ring (bicyclic) bond motifs is 6. The molecular formula is C79H95NO18. The van der Waals surface area contributed by atoms with E-state index in [9.17, 15) is 48.9 Å². The Morgan fingerprint density at radius 2 is 1.44 bits per heavy atom. The van der Waals surface area contributed by atoms with Gasteiger partial charge in [-0.2, -0.15) is 0 Å². The normalized spacial score (nSPS) is 33.0. The summed E-state index contributed by atoms with van der Waals surface area (Å²) in [5.74, 6) is -7.33. The second-order valence-electron chi connectivity index (χ2n) is 29.7. The van der Waals surface area contributed by atoms with E-state index in [4.69, 9.17) is 33.2 Å². The maximum Gasteiger partial charge on any atom is 0.338 e. The largest absolute Gasteiger partial charge is 0.461 e. The highest BCUT2D eigenvalue weighted by Gasteiger charge is 2.79. The summed E-state index contributed by atoms with van der Waals surface area (Å²) in [4.78, 5) is 116. The molecule has 17 atom stereocenters. The molecule has 7 fully saturated rings. The van der Waals surface area contributed by atoms with E-state index < -0.39 is 143 Å². The fourth-order valence-electron chi connectivity index (χ4n) is 17.8. The Hall–Kier alpha value is -7.84. The summed E-state index contributed by atoms with van der Waals surface area (Å²) in [6, 6.07) is 22.8. The molecule has 7 aliphatic carbocycles. The smallest absolute Gasteiger partial charge is 0.338 e. The molecule has 1 aliphatic heterocycles. The number of aliphatic hydroxyl groups excluding tert-OH is 2. The first-order valence-corrected chi connectivity index (χ1v) is 35.0. The van der Waals surface area contributed by atoms with Gasteiger partial charge in [0.2, 0.25) is 0 Å². The van der Waals surface area contributed by atoms with Crippen LogP contribution < -0.4 is 5.32 Å². The Bertz CT molecular complexity index is 3680. The van der Waals surface area contributed by atoms with Crippen LogP contribution in [-0.2, 0) is 61.9 Å². The molecule has 14 unspecified atom stereocenters. The van der Waals surface area contributed by atoms with Crippen molar-refractivity contribution < 1.29 is 86.8 Å².